The largest absolute Gasteiger partial charge is 0.298 e. The zero-order valence-corrected chi connectivity index (χ0v) is 16.0. The third-order valence-corrected chi connectivity index (χ3v) is 5.55. The van der Waals surface area contributed by atoms with Crippen LogP contribution in [-0.2, 0) is 11.3 Å². The fourth-order valence-corrected chi connectivity index (χ4v) is 4.23. The number of hydrogen-bond acceptors (Lipinski definition) is 6. The number of thiophene rings is 1. The molecular weight excluding hydrogens is 380 g/mol. The van der Waals surface area contributed by atoms with Gasteiger partial charge in [0.2, 0.25) is 5.91 Å². The molecule has 1 aromatic carbocycles. The van der Waals surface area contributed by atoms with Gasteiger partial charge in [-0.15, -0.1) is 17.9 Å². The van der Waals surface area contributed by atoms with Crippen LogP contribution in [0.25, 0.3) is 10.2 Å². The van der Waals surface area contributed by atoms with Crippen LogP contribution >= 0.6 is 23.1 Å². The van der Waals surface area contributed by atoms with Crippen molar-refractivity contribution in [1.82, 2.24) is 9.55 Å². The van der Waals surface area contributed by atoms with Crippen LogP contribution in [0.15, 0.2) is 64.4 Å². The van der Waals surface area contributed by atoms with Crippen molar-refractivity contribution in [2.45, 2.75) is 11.7 Å². The molecule has 0 aliphatic rings. The van der Waals surface area contributed by atoms with E-state index < -0.39 is 0 Å². The minimum Gasteiger partial charge on any atom is -0.298 e. The maximum atomic E-state index is 12.7. The van der Waals surface area contributed by atoms with E-state index in [9.17, 15) is 9.59 Å². The van der Waals surface area contributed by atoms with E-state index in [1.54, 1.807) is 24.3 Å². The molecule has 0 saturated heterocycles. The van der Waals surface area contributed by atoms with Crippen LogP contribution in [0.2, 0.25) is 0 Å². The van der Waals surface area contributed by atoms with Gasteiger partial charge in [0.05, 0.1) is 17.2 Å². The van der Waals surface area contributed by atoms with Gasteiger partial charge in [0.15, 0.2) is 5.16 Å². The van der Waals surface area contributed by atoms with E-state index in [2.05, 4.69) is 11.6 Å². The Labute approximate surface area is 164 Å². The van der Waals surface area contributed by atoms with Gasteiger partial charge in [-0.05, 0) is 23.6 Å². The van der Waals surface area contributed by atoms with Crippen LogP contribution in [0.1, 0.15) is 0 Å². The lowest BCUT2D eigenvalue weighted by Gasteiger charge is -2.19. The summed E-state index contributed by atoms with van der Waals surface area (Å²) in [6.45, 7) is 3.96. The van der Waals surface area contributed by atoms with Gasteiger partial charge in [-0.1, -0.05) is 36.0 Å². The number of amides is 1. The van der Waals surface area contributed by atoms with Crippen LogP contribution in [0.4, 0.5) is 5.69 Å². The summed E-state index contributed by atoms with van der Waals surface area (Å²) in [6.07, 6.45) is 1.62. The molecular formula is C19H16N4O2S2. The fraction of sp³-hybridized carbons (Fsp3) is 0.158. The van der Waals surface area contributed by atoms with Gasteiger partial charge in [-0.3, -0.25) is 19.1 Å². The molecule has 1 amide bonds. The van der Waals surface area contributed by atoms with Gasteiger partial charge >= 0.3 is 0 Å². The highest BCUT2D eigenvalue weighted by atomic mass is 32.2. The van der Waals surface area contributed by atoms with E-state index in [0.717, 1.165) is 0 Å². The van der Waals surface area contributed by atoms with E-state index in [0.29, 0.717) is 27.6 Å². The molecule has 0 saturated carbocycles. The maximum absolute atomic E-state index is 12.7. The molecule has 0 aliphatic carbocycles. The minimum absolute atomic E-state index is 0.0414. The molecule has 0 aliphatic heterocycles. The second-order valence-corrected chi connectivity index (χ2v) is 7.34. The molecule has 0 bridgehead atoms. The molecule has 0 spiro atoms. The molecule has 136 valence electrons. The lowest BCUT2D eigenvalue weighted by molar-refractivity contribution is -0.116. The van der Waals surface area contributed by atoms with Crippen LogP contribution in [0.5, 0.6) is 0 Å². The summed E-state index contributed by atoms with van der Waals surface area (Å²) in [5.41, 5.74) is 0.517. The summed E-state index contributed by atoms with van der Waals surface area (Å²) in [7, 11) is 0. The van der Waals surface area contributed by atoms with Crippen molar-refractivity contribution in [2.75, 3.05) is 17.2 Å². The minimum atomic E-state index is -0.224. The SMILES string of the molecule is C=CCn1c(SCC(=O)N(CC#N)c2ccccc2)nc2sccc2c1=O. The zero-order valence-electron chi connectivity index (χ0n) is 14.4. The van der Waals surface area contributed by atoms with Gasteiger partial charge in [-0.25, -0.2) is 4.98 Å². The fourth-order valence-electron chi connectivity index (χ4n) is 2.54. The number of carbonyl (C=O) groups is 1. The van der Waals surface area contributed by atoms with E-state index in [4.69, 9.17) is 5.26 Å². The third kappa shape index (κ3) is 4.10. The van der Waals surface area contributed by atoms with E-state index in [-0.39, 0.29) is 23.8 Å². The van der Waals surface area contributed by atoms with Crippen molar-refractivity contribution in [3.8, 4) is 6.07 Å². The molecule has 2 heterocycles. The summed E-state index contributed by atoms with van der Waals surface area (Å²) >= 11 is 2.57. The Morgan fingerprint density at radius 2 is 2.15 bits per heavy atom. The number of carbonyl (C=O) groups excluding carboxylic acids is 1. The highest BCUT2D eigenvalue weighted by molar-refractivity contribution is 7.99. The van der Waals surface area contributed by atoms with E-state index in [1.165, 1.54) is 32.6 Å². The van der Waals surface area contributed by atoms with Crippen molar-refractivity contribution in [3.63, 3.8) is 0 Å². The van der Waals surface area contributed by atoms with E-state index in [1.807, 2.05) is 29.6 Å². The number of thioether (sulfide) groups is 1. The van der Waals surface area contributed by atoms with Crippen molar-refractivity contribution in [1.29, 1.82) is 5.26 Å². The number of rotatable bonds is 7. The highest BCUT2D eigenvalue weighted by Gasteiger charge is 2.18. The zero-order chi connectivity index (χ0) is 19.2. The van der Waals surface area contributed by atoms with Crippen LogP contribution in [-0.4, -0.2) is 27.8 Å². The molecule has 0 unspecified atom stereocenters. The van der Waals surface area contributed by atoms with Crippen LogP contribution in [0.3, 0.4) is 0 Å². The first kappa shape index (κ1) is 18.9. The van der Waals surface area contributed by atoms with Crippen molar-refractivity contribution < 1.29 is 4.79 Å². The highest BCUT2D eigenvalue weighted by Crippen LogP contribution is 2.22. The molecule has 0 fully saturated rings. The number of para-hydroxylation sites is 1. The molecule has 2 aromatic heterocycles. The van der Waals surface area contributed by atoms with Gasteiger partial charge in [0.25, 0.3) is 5.56 Å². The Morgan fingerprint density at radius 3 is 2.85 bits per heavy atom. The van der Waals surface area contributed by atoms with Gasteiger partial charge in [-0.2, -0.15) is 5.26 Å². The Morgan fingerprint density at radius 1 is 1.37 bits per heavy atom. The summed E-state index contributed by atoms with van der Waals surface area (Å²) in [5, 5.41) is 11.9. The van der Waals surface area contributed by atoms with Crippen molar-refractivity contribution >= 4 is 44.9 Å². The third-order valence-electron chi connectivity index (χ3n) is 3.78. The second-order valence-electron chi connectivity index (χ2n) is 5.50. The molecule has 0 N–H and O–H groups in total. The number of hydrogen-bond donors (Lipinski definition) is 0. The standard InChI is InChI=1S/C19H16N4O2S2/c1-2-10-23-18(25)15-8-12-26-17(15)21-19(23)27-13-16(24)22(11-9-20)14-6-4-3-5-7-14/h2-8,12H,1,10-11,13H2. The van der Waals surface area contributed by atoms with Crippen molar-refractivity contribution in [2.24, 2.45) is 0 Å². The van der Waals surface area contributed by atoms with Crippen LogP contribution in [0, 0.1) is 11.3 Å². The number of aromatic nitrogens is 2. The number of benzene rings is 1. The molecule has 6 nitrogen and oxygen atoms in total. The second kappa shape index (κ2) is 8.66. The summed E-state index contributed by atoms with van der Waals surface area (Å²) in [6, 6.07) is 12.8. The predicted octanol–water partition coefficient (Wildman–Crippen LogP) is 3.29. The molecule has 27 heavy (non-hydrogen) atoms. The Balaban J connectivity index is 1.86. The first-order chi connectivity index (χ1) is 13.2. The molecule has 8 heteroatoms. The predicted molar refractivity (Wildman–Crippen MR) is 109 cm³/mol. The lowest BCUT2D eigenvalue weighted by Crippen LogP contribution is -2.33. The number of nitriles is 1. The molecule has 3 rings (SSSR count). The number of allylic oxidation sites excluding steroid dienone is 1. The molecule has 3 aromatic rings. The monoisotopic (exact) mass is 396 g/mol. The normalized spacial score (nSPS) is 10.5. The quantitative estimate of drug-likeness (QED) is 0.265. The molecule has 0 radical (unpaired) electrons. The van der Waals surface area contributed by atoms with Gasteiger partial charge in [0, 0.05) is 12.2 Å². The average molecular weight is 396 g/mol. The first-order valence-electron chi connectivity index (χ1n) is 8.09. The van der Waals surface area contributed by atoms with Crippen LogP contribution < -0.4 is 10.5 Å². The smallest absolute Gasteiger partial charge is 0.263 e. The average Bonchev–Trinajstić information content (AvgIpc) is 3.16. The Kier molecular flexibility index (Phi) is 6.06. The number of fused-ring (bicyclic) bond motifs is 1. The maximum Gasteiger partial charge on any atom is 0.263 e. The summed E-state index contributed by atoms with van der Waals surface area (Å²) < 4.78 is 1.51. The van der Waals surface area contributed by atoms with E-state index >= 15 is 0 Å². The topological polar surface area (TPSA) is 79.0 Å². The summed E-state index contributed by atoms with van der Waals surface area (Å²) in [4.78, 5) is 31.9. The van der Waals surface area contributed by atoms with Crippen molar-refractivity contribution in [3.05, 3.63) is 64.8 Å². The lowest BCUT2D eigenvalue weighted by atomic mass is 10.3. The summed E-state index contributed by atoms with van der Waals surface area (Å²) in [5.74, 6) is -0.157. The molecule has 0 atom stereocenters. The number of anilines is 1. The van der Waals surface area contributed by atoms with Gasteiger partial charge < -0.3 is 0 Å². The Bertz CT molecular complexity index is 1070. The number of nitrogens with zero attached hydrogens (tertiary/aromatic N) is 4. The first-order valence-corrected chi connectivity index (χ1v) is 9.96. The Hall–Kier alpha value is -2.89. The van der Waals surface area contributed by atoms with Gasteiger partial charge in [0.1, 0.15) is 11.4 Å².